The highest BCUT2D eigenvalue weighted by Gasteiger charge is 2.27. The van der Waals surface area contributed by atoms with Gasteiger partial charge in [-0.25, -0.2) is 0 Å². The zero-order chi connectivity index (χ0) is 13.8. The average Bonchev–Trinajstić information content (AvgIpc) is 2.44. The van der Waals surface area contributed by atoms with E-state index in [1.807, 2.05) is 0 Å². The first kappa shape index (κ1) is 14.5. The first-order chi connectivity index (χ1) is 9.15. The van der Waals surface area contributed by atoms with E-state index in [2.05, 4.69) is 56.8 Å². The van der Waals surface area contributed by atoms with Crippen LogP contribution in [-0.2, 0) is 0 Å². The summed E-state index contributed by atoms with van der Waals surface area (Å²) in [6, 6.07) is 8.16. The van der Waals surface area contributed by atoms with Gasteiger partial charge in [0.1, 0.15) is 0 Å². The topological polar surface area (TPSA) is 24.1 Å². The normalized spacial score (nSPS) is 25.3. The van der Waals surface area contributed by atoms with Gasteiger partial charge >= 0.3 is 0 Å². The minimum absolute atomic E-state index is 0.511. The summed E-state index contributed by atoms with van der Waals surface area (Å²) < 4.78 is 0. The molecule has 1 fully saturated rings. The van der Waals surface area contributed by atoms with Gasteiger partial charge in [0, 0.05) is 12.1 Å². The van der Waals surface area contributed by atoms with E-state index in [0.29, 0.717) is 6.04 Å². The van der Waals surface area contributed by atoms with Crippen molar-refractivity contribution in [1.82, 2.24) is 10.6 Å². The molecule has 0 aliphatic heterocycles. The first-order valence-corrected chi connectivity index (χ1v) is 7.57. The van der Waals surface area contributed by atoms with Crippen molar-refractivity contribution >= 4 is 0 Å². The fourth-order valence-corrected chi connectivity index (χ4v) is 3.37. The Morgan fingerprint density at radius 1 is 1.00 bits per heavy atom. The smallest absolute Gasteiger partial charge is 0.0346 e. The first-order valence-electron chi connectivity index (χ1n) is 7.57. The van der Waals surface area contributed by atoms with E-state index in [4.69, 9.17) is 0 Å². The Kier molecular flexibility index (Phi) is 5.00. The van der Waals surface area contributed by atoms with Crippen molar-refractivity contribution in [3.8, 4) is 0 Å². The third-order valence-corrected chi connectivity index (χ3v) is 4.85. The largest absolute Gasteiger partial charge is 0.317 e. The second kappa shape index (κ2) is 6.53. The molecule has 1 aliphatic rings. The highest BCUT2D eigenvalue weighted by Crippen LogP contribution is 2.34. The van der Waals surface area contributed by atoms with E-state index >= 15 is 0 Å². The Morgan fingerprint density at radius 2 is 1.68 bits per heavy atom. The molecule has 0 spiro atoms. The Bertz CT molecular complexity index is 406. The summed E-state index contributed by atoms with van der Waals surface area (Å²) in [5.74, 6) is 0.775. The molecule has 0 amide bonds. The standard InChI is InChI=1S/C17H28N2/c1-12-5-6-15(11-13(12)2)17(19-4)14-7-9-16(18-3)10-8-14/h5-6,11,14,16-19H,7-10H2,1-4H3. The molecule has 2 rings (SSSR count). The SMILES string of the molecule is CNC1CCC(C(NC)c2ccc(C)c(C)c2)CC1. The molecular formula is C17H28N2. The van der Waals surface area contributed by atoms with E-state index in [1.165, 1.54) is 42.4 Å². The molecule has 1 saturated carbocycles. The van der Waals surface area contributed by atoms with Crippen molar-refractivity contribution in [3.05, 3.63) is 34.9 Å². The van der Waals surface area contributed by atoms with Gasteiger partial charge in [-0.05, 0) is 76.2 Å². The van der Waals surface area contributed by atoms with Gasteiger partial charge in [-0.3, -0.25) is 0 Å². The maximum atomic E-state index is 3.55. The van der Waals surface area contributed by atoms with Crippen LogP contribution in [0.3, 0.4) is 0 Å². The van der Waals surface area contributed by atoms with Gasteiger partial charge in [-0.1, -0.05) is 18.2 Å². The molecule has 2 nitrogen and oxygen atoms in total. The zero-order valence-corrected chi connectivity index (χ0v) is 12.8. The van der Waals surface area contributed by atoms with Crippen LogP contribution in [0.1, 0.15) is 48.4 Å². The molecule has 0 heterocycles. The van der Waals surface area contributed by atoms with E-state index < -0.39 is 0 Å². The molecule has 1 atom stereocenters. The number of hydrogen-bond donors (Lipinski definition) is 2. The molecule has 1 unspecified atom stereocenters. The summed E-state index contributed by atoms with van der Waals surface area (Å²) in [5.41, 5.74) is 4.25. The lowest BCUT2D eigenvalue weighted by molar-refractivity contribution is 0.248. The molecule has 0 aromatic heterocycles. The van der Waals surface area contributed by atoms with Crippen LogP contribution in [-0.4, -0.2) is 20.1 Å². The van der Waals surface area contributed by atoms with Gasteiger partial charge in [0.15, 0.2) is 0 Å². The summed E-state index contributed by atoms with van der Waals surface area (Å²) in [6.45, 7) is 4.40. The van der Waals surface area contributed by atoms with Crippen LogP contribution in [0.5, 0.6) is 0 Å². The Morgan fingerprint density at radius 3 is 2.21 bits per heavy atom. The quantitative estimate of drug-likeness (QED) is 0.867. The summed E-state index contributed by atoms with van der Waals surface area (Å²) in [4.78, 5) is 0. The summed E-state index contributed by atoms with van der Waals surface area (Å²) >= 11 is 0. The summed E-state index contributed by atoms with van der Waals surface area (Å²) in [5, 5.41) is 6.96. The van der Waals surface area contributed by atoms with Gasteiger partial charge in [0.2, 0.25) is 0 Å². The molecule has 1 aromatic rings. The molecule has 106 valence electrons. The number of nitrogens with one attached hydrogen (secondary N) is 2. The van der Waals surface area contributed by atoms with Gasteiger partial charge in [0.05, 0.1) is 0 Å². The van der Waals surface area contributed by atoms with Crippen LogP contribution < -0.4 is 10.6 Å². The second-order valence-electron chi connectivity index (χ2n) is 6.01. The zero-order valence-electron chi connectivity index (χ0n) is 12.8. The maximum Gasteiger partial charge on any atom is 0.0346 e. The van der Waals surface area contributed by atoms with Crippen molar-refractivity contribution in [1.29, 1.82) is 0 Å². The van der Waals surface area contributed by atoms with Crippen LogP contribution in [0.15, 0.2) is 18.2 Å². The molecule has 0 bridgehead atoms. The average molecular weight is 260 g/mol. The third kappa shape index (κ3) is 3.37. The molecule has 19 heavy (non-hydrogen) atoms. The fraction of sp³-hybridized carbons (Fsp3) is 0.647. The lowest BCUT2D eigenvalue weighted by Gasteiger charge is -2.34. The third-order valence-electron chi connectivity index (χ3n) is 4.85. The van der Waals surface area contributed by atoms with Crippen LogP contribution >= 0.6 is 0 Å². The molecule has 0 saturated heterocycles. The predicted octanol–water partition coefficient (Wildman–Crippen LogP) is 3.34. The Balaban J connectivity index is 2.09. The van der Waals surface area contributed by atoms with Gasteiger partial charge in [-0.15, -0.1) is 0 Å². The van der Waals surface area contributed by atoms with Crippen LogP contribution in [0.2, 0.25) is 0 Å². The molecule has 2 heteroatoms. The Labute approximate surface area is 118 Å². The second-order valence-corrected chi connectivity index (χ2v) is 6.01. The summed E-state index contributed by atoms with van der Waals surface area (Å²) in [7, 11) is 4.19. The van der Waals surface area contributed by atoms with Crippen LogP contribution in [0, 0.1) is 19.8 Å². The van der Waals surface area contributed by atoms with E-state index in [-0.39, 0.29) is 0 Å². The maximum absolute atomic E-state index is 3.55. The number of benzene rings is 1. The van der Waals surface area contributed by atoms with E-state index in [0.717, 1.165) is 12.0 Å². The lowest BCUT2D eigenvalue weighted by Crippen LogP contribution is -2.34. The van der Waals surface area contributed by atoms with Gasteiger partial charge in [-0.2, -0.15) is 0 Å². The number of aryl methyl sites for hydroxylation is 2. The highest BCUT2D eigenvalue weighted by molar-refractivity contribution is 5.32. The molecule has 1 aromatic carbocycles. The summed E-state index contributed by atoms with van der Waals surface area (Å²) in [6.07, 6.45) is 5.27. The highest BCUT2D eigenvalue weighted by atomic mass is 14.9. The number of hydrogen-bond acceptors (Lipinski definition) is 2. The van der Waals surface area contributed by atoms with Crippen molar-refractivity contribution in [2.75, 3.05) is 14.1 Å². The van der Waals surface area contributed by atoms with Crippen molar-refractivity contribution in [3.63, 3.8) is 0 Å². The van der Waals surface area contributed by atoms with Crippen molar-refractivity contribution in [2.45, 2.75) is 51.6 Å². The van der Waals surface area contributed by atoms with Crippen LogP contribution in [0.4, 0.5) is 0 Å². The van der Waals surface area contributed by atoms with Gasteiger partial charge < -0.3 is 10.6 Å². The van der Waals surface area contributed by atoms with Crippen molar-refractivity contribution < 1.29 is 0 Å². The minimum atomic E-state index is 0.511. The molecular weight excluding hydrogens is 232 g/mol. The number of rotatable bonds is 4. The van der Waals surface area contributed by atoms with Gasteiger partial charge in [0.25, 0.3) is 0 Å². The fourth-order valence-electron chi connectivity index (χ4n) is 3.37. The lowest BCUT2D eigenvalue weighted by atomic mass is 9.79. The minimum Gasteiger partial charge on any atom is -0.317 e. The monoisotopic (exact) mass is 260 g/mol. The van der Waals surface area contributed by atoms with Crippen molar-refractivity contribution in [2.24, 2.45) is 5.92 Å². The molecule has 2 N–H and O–H groups in total. The molecule has 1 aliphatic carbocycles. The predicted molar refractivity (Wildman–Crippen MR) is 82.5 cm³/mol. The van der Waals surface area contributed by atoms with Crippen LogP contribution in [0.25, 0.3) is 0 Å². The Hall–Kier alpha value is -0.860. The van der Waals surface area contributed by atoms with E-state index in [9.17, 15) is 0 Å². The molecule has 0 radical (unpaired) electrons. The van der Waals surface area contributed by atoms with E-state index in [1.54, 1.807) is 0 Å².